The van der Waals surface area contributed by atoms with Crippen LogP contribution in [0.2, 0.25) is 0 Å². The summed E-state index contributed by atoms with van der Waals surface area (Å²) in [6, 6.07) is 0.0870. The highest BCUT2D eigenvalue weighted by Crippen LogP contribution is 2.30. The molecule has 19 heavy (non-hydrogen) atoms. The smallest absolute Gasteiger partial charge is 0.407 e. The van der Waals surface area contributed by atoms with Gasteiger partial charge in [-0.15, -0.1) is 0 Å². The molecular weight excluding hydrogens is 242 g/mol. The number of aliphatic hydroxyl groups excluding tert-OH is 1. The van der Waals surface area contributed by atoms with Crippen molar-refractivity contribution in [1.29, 1.82) is 0 Å². The van der Waals surface area contributed by atoms with Crippen LogP contribution in [0.25, 0.3) is 0 Å². The van der Waals surface area contributed by atoms with E-state index in [4.69, 9.17) is 4.74 Å². The zero-order valence-corrected chi connectivity index (χ0v) is 12.1. The van der Waals surface area contributed by atoms with Crippen LogP contribution < -0.4 is 5.32 Å². The van der Waals surface area contributed by atoms with Crippen molar-refractivity contribution in [3.63, 3.8) is 0 Å². The van der Waals surface area contributed by atoms with E-state index in [0.717, 1.165) is 6.42 Å². The minimum absolute atomic E-state index is 0.0870. The lowest BCUT2D eigenvalue weighted by Crippen LogP contribution is -2.36. The van der Waals surface area contributed by atoms with E-state index in [1.807, 2.05) is 13.8 Å². The molecule has 4 heteroatoms. The summed E-state index contributed by atoms with van der Waals surface area (Å²) in [6.45, 7) is 3.98. The average molecular weight is 269 g/mol. The van der Waals surface area contributed by atoms with E-state index >= 15 is 0 Å². The van der Waals surface area contributed by atoms with E-state index in [9.17, 15) is 9.90 Å². The molecule has 2 fully saturated rings. The molecule has 0 spiro atoms. The topological polar surface area (TPSA) is 58.6 Å². The Morgan fingerprint density at radius 2 is 2.00 bits per heavy atom. The van der Waals surface area contributed by atoms with E-state index in [1.54, 1.807) is 0 Å². The fourth-order valence-electron chi connectivity index (χ4n) is 3.21. The largest absolute Gasteiger partial charge is 0.444 e. The fraction of sp³-hybridized carbons (Fsp3) is 0.933. The summed E-state index contributed by atoms with van der Waals surface area (Å²) in [5.41, 5.74) is 0. The van der Waals surface area contributed by atoms with Gasteiger partial charge in [-0.05, 0) is 18.3 Å². The zero-order chi connectivity index (χ0) is 13.8. The van der Waals surface area contributed by atoms with Crippen molar-refractivity contribution in [2.75, 3.05) is 0 Å². The van der Waals surface area contributed by atoms with Crippen LogP contribution in [-0.4, -0.2) is 29.4 Å². The Hall–Kier alpha value is -0.770. The van der Waals surface area contributed by atoms with Crippen molar-refractivity contribution in [2.24, 2.45) is 11.8 Å². The predicted octanol–water partition coefficient (Wildman–Crippen LogP) is 2.84. The first-order valence-electron chi connectivity index (χ1n) is 7.71. The fourth-order valence-corrected chi connectivity index (χ4v) is 3.21. The summed E-state index contributed by atoms with van der Waals surface area (Å²) in [6.07, 6.45) is 7.18. The number of rotatable bonds is 5. The summed E-state index contributed by atoms with van der Waals surface area (Å²) in [5.74, 6) is 0.911. The van der Waals surface area contributed by atoms with Gasteiger partial charge in [-0.3, -0.25) is 0 Å². The van der Waals surface area contributed by atoms with Gasteiger partial charge in [0.1, 0.15) is 6.10 Å². The molecule has 1 saturated carbocycles. The molecule has 0 radical (unpaired) electrons. The number of amides is 1. The van der Waals surface area contributed by atoms with Crippen molar-refractivity contribution < 1.29 is 14.6 Å². The number of alkyl carbamates (subject to hydrolysis) is 1. The van der Waals surface area contributed by atoms with E-state index in [1.165, 1.54) is 32.1 Å². The van der Waals surface area contributed by atoms with Gasteiger partial charge < -0.3 is 15.2 Å². The summed E-state index contributed by atoms with van der Waals surface area (Å²) < 4.78 is 5.33. The maximum atomic E-state index is 11.4. The average Bonchev–Trinajstić information content (AvgIpc) is 2.70. The number of ether oxygens (including phenoxy) is 1. The van der Waals surface area contributed by atoms with Crippen LogP contribution >= 0.6 is 0 Å². The molecule has 3 atom stereocenters. The SMILES string of the molecule is CC(C)C(O)CC1OC(=O)N[C@H]1CC1CCCCC1. The third-order valence-corrected chi connectivity index (χ3v) is 4.57. The van der Waals surface area contributed by atoms with Gasteiger partial charge in [-0.25, -0.2) is 4.79 Å². The molecule has 1 saturated heterocycles. The highest BCUT2D eigenvalue weighted by atomic mass is 16.6. The van der Waals surface area contributed by atoms with E-state index in [2.05, 4.69) is 5.32 Å². The standard InChI is InChI=1S/C15H27NO3/c1-10(2)13(17)9-14-12(16-15(18)19-14)8-11-6-4-3-5-7-11/h10-14,17H,3-9H2,1-2H3,(H,16,18)/t12-,13?,14?/m0/s1. The second-order valence-electron chi connectivity index (χ2n) is 6.48. The van der Waals surface area contributed by atoms with Gasteiger partial charge in [-0.2, -0.15) is 0 Å². The quantitative estimate of drug-likeness (QED) is 0.807. The van der Waals surface area contributed by atoms with Crippen LogP contribution in [0.3, 0.4) is 0 Å². The van der Waals surface area contributed by atoms with E-state index < -0.39 is 6.10 Å². The maximum Gasteiger partial charge on any atom is 0.407 e. The second kappa shape index (κ2) is 6.60. The molecule has 2 unspecified atom stereocenters. The minimum atomic E-state index is -0.397. The molecular formula is C15H27NO3. The van der Waals surface area contributed by atoms with Gasteiger partial charge in [0, 0.05) is 6.42 Å². The van der Waals surface area contributed by atoms with E-state index in [0.29, 0.717) is 12.3 Å². The molecule has 1 amide bonds. The molecule has 0 aromatic rings. The number of hydrogen-bond acceptors (Lipinski definition) is 3. The number of carbonyl (C=O) groups excluding carboxylic acids is 1. The lowest BCUT2D eigenvalue weighted by molar-refractivity contribution is 0.0474. The summed E-state index contributed by atoms with van der Waals surface area (Å²) in [5, 5.41) is 12.9. The molecule has 2 aliphatic rings. The van der Waals surface area contributed by atoms with Crippen molar-refractivity contribution in [3.8, 4) is 0 Å². The van der Waals surface area contributed by atoms with Gasteiger partial charge in [0.15, 0.2) is 0 Å². The second-order valence-corrected chi connectivity index (χ2v) is 6.48. The van der Waals surface area contributed by atoms with Crippen LogP contribution in [0, 0.1) is 11.8 Å². The summed E-state index contributed by atoms with van der Waals surface area (Å²) in [7, 11) is 0. The molecule has 0 aromatic heterocycles. The maximum absolute atomic E-state index is 11.4. The van der Waals surface area contributed by atoms with Crippen LogP contribution in [0.4, 0.5) is 4.79 Å². The third kappa shape index (κ3) is 4.10. The first-order chi connectivity index (χ1) is 9.06. The van der Waals surface area contributed by atoms with Gasteiger partial charge in [0.2, 0.25) is 0 Å². The predicted molar refractivity (Wildman–Crippen MR) is 73.8 cm³/mol. The zero-order valence-electron chi connectivity index (χ0n) is 12.1. The van der Waals surface area contributed by atoms with Gasteiger partial charge in [-0.1, -0.05) is 46.0 Å². The van der Waals surface area contributed by atoms with Crippen molar-refractivity contribution >= 4 is 6.09 Å². The van der Waals surface area contributed by atoms with Crippen LogP contribution in [0.15, 0.2) is 0 Å². The molecule has 0 aromatic carbocycles. The number of carbonyl (C=O) groups is 1. The van der Waals surface area contributed by atoms with Gasteiger partial charge in [0.05, 0.1) is 12.1 Å². The third-order valence-electron chi connectivity index (χ3n) is 4.57. The van der Waals surface area contributed by atoms with Gasteiger partial charge >= 0.3 is 6.09 Å². The first-order valence-corrected chi connectivity index (χ1v) is 7.71. The minimum Gasteiger partial charge on any atom is -0.444 e. The molecule has 1 aliphatic carbocycles. The van der Waals surface area contributed by atoms with Crippen LogP contribution in [0.5, 0.6) is 0 Å². The summed E-state index contributed by atoms with van der Waals surface area (Å²) >= 11 is 0. The highest BCUT2D eigenvalue weighted by Gasteiger charge is 2.37. The Morgan fingerprint density at radius 1 is 1.32 bits per heavy atom. The molecule has 0 bridgehead atoms. The molecule has 1 aliphatic heterocycles. The Bertz CT molecular complexity index is 300. The van der Waals surface area contributed by atoms with Crippen LogP contribution in [0.1, 0.15) is 58.8 Å². The van der Waals surface area contributed by atoms with Crippen LogP contribution in [-0.2, 0) is 4.74 Å². The molecule has 4 nitrogen and oxygen atoms in total. The Labute approximate surface area is 115 Å². The molecule has 2 rings (SSSR count). The lowest BCUT2D eigenvalue weighted by Gasteiger charge is -2.27. The van der Waals surface area contributed by atoms with Crippen molar-refractivity contribution in [1.82, 2.24) is 5.32 Å². The molecule has 110 valence electrons. The van der Waals surface area contributed by atoms with E-state index in [-0.39, 0.29) is 24.2 Å². The Morgan fingerprint density at radius 3 is 2.63 bits per heavy atom. The first kappa shape index (κ1) is 14.6. The Kier molecular flexibility index (Phi) is 5.08. The molecule has 1 heterocycles. The summed E-state index contributed by atoms with van der Waals surface area (Å²) in [4.78, 5) is 11.4. The highest BCUT2D eigenvalue weighted by molar-refractivity contribution is 5.70. The Balaban J connectivity index is 1.87. The number of nitrogens with one attached hydrogen (secondary N) is 1. The lowest BCUT2D eigenvalue weighted by atomic mass is 9.83. The molecule has 2 N–H and O–H groups in total. The van der Waals surface area contributed by atoms with Crippen molar-refractivity contribution in [2.45, 2.75) is 77.0 Å². The van der Waals surface area contributed by atoms with Gasteiger partial charge in [0.25, 0.3) is 0 Å². The number of hydrogen-bond donors (Lipinski definition) is 2. The number of cyclic esters (lactones) is 1. The number of aliphatic hydroxyl groups is 1. The monoisotopic (exact) mass is 269 g/mol. The normalized spacial score (nSPS) is 30.2. The van der Waals surface area contributed by atoms with Crippen molar-refractivity contribution in [3.05, 3.63) is 0 Å².